The van der Waals surface area contributed by atoms with E-state index < -0.39 is 5.97 Å². The summed E-state index contributed by atoms with van der Waals surface area (Å²) in [6.45, 7) is 4.35. The summed E-state index contributed by atoms with van der Waals surface area (Å²) >= 11 is 2.87. The van der Waals surface area contributed by atoms with Crippen molar-refractivity contribution in [1.82, 2.24) is 9.88 Å². The number of carbonyl (C=O) groups is 2. The zero-order valence-corrected chi connectivity index (χ0v) is 14.3. The van der Waals surface area contributed by atoms with Gasteiger partial charge in [0.25, 0.3) is 5.91 Å². The standard InChI is InChI=1S/C15H17N3O3S2/c1-3-5-16-15-17-12(10-23-15)14(20)21-8-13(19)18(2)7-11-4-6-22-9-11/h3-4,6,9-10H,1,5,7-8H2,2H3,(H,16,17). The van der Waals surface area contributed by atoms with Gasteiger partial charge in [-0.3, -0.25) is 4.79 Å². The van der Waals surface area contributed by atoms with Gasteiger partial charge in [-0.25, -0.2) is 9.78 Å². The van der Waals surface area contributed by atoms with E-state index in [-0.39, 0.29) is 18.2 Å². The van der Waals surface area contributed by atoms with Crippen LogP contribution in [0.4, 0.5) is 5.13 Å². The lowest BCUT2D eigenvalue weighted by atomic mass is 10.3. The summed E-state index contributed by atoms with van der Waals surface area (Å²) in [5.41, 5.74) is 1.24. The second-order valence-corrected chi connectivity index (χ2v) is 6.30. The number of aromatic nitrogens is 1. The van der Waals surface area contributed by atoms with E-state index >= 15 is 0 Å². The Hall–Kier alpha value is -2.19. The number of carbonyl (C=O) groups excluding carboxylic acids is 2. The van der Waals surface area contributed by atoms with Crippen molar-refractivity contribution in [2.75, 3.05) is 25.5 Å². The molecule has 1 N–H and O–H groups in total. The zero-order chi connectivity index (χ0) is 16.7. The molecule has 0 aliphatic heterocycles. The van der Waals surface area contributed by atoms with Gasteiger partial charge in [0, 0.05) is 25.5 Å². The molecule has 0 bridgehead atoms. The average molecular weight is 351 g/mol. The number of anilines is 1. The molecule has 0 radical (unpaired) electrons. The molecule has 2 aromatic rings. The van der Waals surface area contributed by atoms with Crippen LogP contribution in [0.25, 0.3) is 0 Å². The fourth-order valence-electron chi connectivity index (χ4n) is 1.66. The number of nitrogens with one attached hydrogen (secondary N) is 1. The number of esters is 1. The zero-order valence-electron chi connectivity index (χ0n) is 12.7. The molecule has 2 heterocycles. The monoisotopic (exact) mass is 351 g/mol. The van der Waals surface area contributed by atoms with Crippen molar-refractivity contribution >= 4 is 39.7 Å². The maximum Gasteiger partial charge on any atom is 0.358 e. The van der Waals surface area contributed by atoms with E-state index in [4.69, 9.17) is 4.74 Å². The maximum atomic E-state index is 12.0. The predicted octanol–water partition coefficient (Wildman–Crippen LogP) is 2.62. The molecule has 0 spiro atoms. The van der Waals surface area contributed by atoms with E-state index in [9.17, 15) is 9.59 Å². The fraction of sp³-hybridized carbons (Fsp3) is 0.267. The van der Waals surface area contributed by atoms with Gasteiger partial charge in [0.05, 0.1) is 0 Å². The topological polar surface area (TPSA) is 71.5 Å². The van der Waals surface area contributed by atoms with Crippen LogP contribution in [0.1, 0.15) is 16.1 Å². The van der Waals surface area contributed by atoms with Gasteiger partial charge >= 0.3 is 5.97 Å². The first kappa shape index (κ1) is 17.2. The number of hydrogen-bond acceptors (Lipinski definition) is 7. The minimum Gasteiger partial charge on any atom is -0.451 e. The smallest absolute Gasteiger partial charge is 0.358 e. The van der Waals surface area contributed by atoms with Crippen LogP contribution >= 0.6 is 22.7 Å². The van der Waals surface area contributed by atoms with Crippen molar-refractivity contribution in [2.24, 2.45) is 0 Å². The van der Waals surface area contributed by atoms with Crippen LogP contribution in [0.2, 0.25) is 0 Å². The third-order valence-corrected chi connectivity index (χ3v) is 4.40. The number of rotatable bonds is 8. The lowest BCUT2D eigenvalue weighted by Gasteiger charge is -2.16. The molecule has 0 aromatic carbocycles. The normalized spacial score (nSPS) is 10.1. The Labute approximate surface area is 142 Å². The van der Waals surface area contributed by atoms with Crippen LogP contribution < -0.4 is 5.32 Å². The van der Waals surface area contributed by atoms with Crippen LogP contribution in [-0.4, -0.2) is 42.0 Å². The van der Waals surface area contributed by atoms with Crippen molar-refractivity contribution in [3.8, 4) is 0 Å². The van der Waals surface area contributed by atoms with Gasteiger partial charge in [-0.1, -0.05) is 6.08 Å². The SMILES string of the molecule is C=CCNc1nc(C(=O)OCC(=O)N(C)Cc2ccsc2)cs1. The molecule has 0 aliphatic carbocycles. The number of thiophene rings is 1. The summed E-state index contributed by atoms with van der Waals surface area (Å²) in [5.74, 6) is -0.866. The third kappa shape index (κ3) is 5.19. The number of hydrogen-bond donors (Lipinski definition) is 1. The molecule has 2 aromatic heterocycles. The van der Waals surface area contributed by atoms with Crippen molar-refractivity contribution < 1.29 is 14.3 Å². The van der Waals surface area contributed by atoms with E-state index in [2.05, 4.69) is 16.9 Å². The van der Waals surface area contributed by atoms with E-state index in [0.717, 1.165) is 5.56 Å². The summed E-state index contributed by atoms with van der Waals surface area (Å²) in [4.78, 5) is 29.5. The van der Waals surface area contributed by atoms with Gasteiger partial charge in [0.15, 0.2) is 17.4 Å². The minimum atomic E-state index is -0.606. The quantitative estimate of drug-likeness (QED) is 0.585. The first-order chi connectivity index (χ1) is 11.1. The molecule has 8 heteroatoms. The Bertz CT molecular complexity index is 667. The van der Waals surface area contributed by atoms with Crippen molar-refractivity contribution in [3.63, 3.8) is 0 Å². The number of thiazole rings is 1. The molecule has 2 rings (SSSR count). The van der Waals surface area contributed by atoms with E-state index in [0.29, 0.717) is 18.2 Å². The van der Waals surface area contributed by atoms with Gasteiger partial charge in [-0.2, -0.15) is 11.3 Å². The number of likely N-dealkylation sites (N-methyl/N-ethyl adjacent to an activating group) is 1. The second kappa shape index (κ2) is 8.44. The van der Waals surface area contributed by atoms with E-state index in [1.165, 1.54) is 16.2 Å². The van der Waals surface area contributed by atoms with Crippen LogP contribution in [0.3, 0.4) is 0 Å². The third-order valence-electron chi connectivity index (χ3n) is 2.86. The minimum absolute atomic E-state index is 0.190. The van der Waals surface area contributed by atoms with Crippen LogP contribution in [0.15, 0.2) is 34.9 Å². The Morgan fingerprint density at radius 2 is 2.30 bits per heavy atom. The average Bonchev–Trinajstić information content (AvgIpc) is 3.21. The molecule has 0 saturated heterocycles. The first-order valence-corrected chi connectivity index (χ1v) is 8.65. The molecule has 1 amide bonds. The fourth-order valence-corrected chi connectivity index (χ4v) is 3.01. The molecular weight excluding hydrogens is 334 g/mol. The Kier molecular flexibility index (Phi) is 6.30. The molecule has 0 fully saturated rings. The molecular formula is C15H17N3O3S2. The highest BCUT2D eigenvalue weighted by molar-refractivity contribution is 7.13. The highest BCUT2D eigenvalue weighted by Gasteiger charge is 2.16. The molecule has 122 valence electrons. The maximum absolute atomic E-state index is 12.0. The van der Waals surface area contributed by atoms with Gasteiger partial charge in [-0.15, -0.1) is 17.9 Å². The van der Waals surface area contributed by atoms with Crippen molar-refractivity contribution in [2.45, 2.75) is 6.54 Å². The molecule has 0 unspecified atom stereocenters. The summed E-state index contributed by atoms with van der Waals surface area (Å²) < 4.78 is 5.02. The van der Waals surface area contributed by atoms with Gasteiger partial charge in [0.2, 0.25) is 0 Å². The van der Waals surface area contributed by atoms with Gasteiger partial charge in [0.1, 0.15) is 0 Å². The largest absolute Gasteiger partial charge is 0.451 e. The molecule has 0 atom stereocenters. The second-order valence-electron chi connectivity index (χ2n) is 4.67. The number of ether oxygens (including phenoxy) is 1. The summed E-state index contributed by atoms with van der Waals surface area (Å²) in [6, 6.07) is 1.95. The summed E-state index contributed by atoms with van der Waals surface area (Å²) in [5, 5.41) is 9.11. The molecule has 23 heavy (non-hydrogen) atoms. The summed E-state index contributed by atoms with van der Waals surface area (Å²) in [6.07, 6.45) is 1.70. The van der Waals surface area contributed by atoms with E-state index in [1.807, 2.05) is 16.8 Å². The van der Waals surface area contributed by atoms with Crippen LogP contribution in [0, 0.1) is 0 Å². The lowest BCUT2D eigenvalue weighted by molar-refractivity contribution is -0.133. The van der Waals surface area contributed by atoms with Gasteiger partial charge < -0.3 is 15.0 Å². The van der Waals surface area contributed by atoms with Crippen LogP contribution in [-0.2, 0) is 16.1 Å². The molecule has 0 saturated carbocycles. The number of amides is 1. The number of nitrogens with zero attached hydrogens (tertiary/aromatic N) is 2. The molecule has 6 nitrogen and oxygen atoms in total. The Balaban J connectivity index is 1.80. The summed E-state index contributed by atoms with van der Waals surface area (Å²) in [7, 11) is 1.67. The van der Waals surface area contributed by atoms with Crippen molar-refractivity contribution in [1.29, 1.82) is 0 Å². The van der Waals surface area contributed by atoms with Crippen molar-refractivity contribution in [3.05, 3.63) is 46.1 Å². The lowest BCUT2D eigenvalue weighted by Crippen LogP contribution is -2.30. The molecule has 0 aliphatic rings. The highest BCUT2D eigenvalue weighted by atomic mass is 32.1. The van der Waals surface area contributed by atoms with E-state index in [1.54, 1.807) is 29.8 Å². The van der Waals surface area contributed by atoms with Gasteiger partial charge in [-0.05, 0) is 22.4 Å². The van der Waals surface area contributed by atoms with Crippen LogP contribution in [0.5, 0.6) is 0 Å². The predicted molar refractivity (Wildman–Crippen MR) is 91.9 cm³/mol. The highest BCUT2D eigenvalue weighted by Crippen LogP contribution is 2.16. The Morgan fingerprint density at radius 3 is 3.00 bits per heavy atom. The Morgan fingerprint density at radius 1 is 1.48 bits per heavy atom. The first-order valence-electron chi connectivity index (χ1n) is 6.82.